The van der Waals surface area contributed by atoms with Crippen molar-refractivity contribution < 1.29 is 13.5 Å². The number of benzene rings is 2. The lowest BCUT2D eigenvalue weighted by atomic mass is 10.1. The number of aliphatic imine (C=N–C) groups is 1. The van der Waals surface area contributed by atoms with Gasteiger partial charge in [0.05, 0.1) is 18.0 Å². The van der Waals surface area contributed by atoms with Gasteiger partial charge in [0.1, 0.15) is 0 Å². The summed E-state index contributed by atoms with van der Waals surface area (Å²) in [5.41, 5.74) is 2.92. The molecule has 2 aromatic carbocycles. The Kier molecular flexibility index (Phi) is 10.5. The molecule has 0 amide bonds. The Balaban J connectivity index is 0.00000392. The third-order valence-corrected chi connectivity index (χ3v) is 5.23. The number of nitrogens with one attached hydrogen (secondary N) is 2. The van der Waals surface area contributed by atoms with Gasteiger partial charge in [-0.15, -0.1) is 24.0 Å². The van der Waals surface area contributed by atoms with Crippen molar-refractivity contribution in [3.05, 3.63) is 65.2 Å². The molecule has 0 aliphatic rings. The van der Waals surface area contributed by atoms with Gasteiger partial charge in [-0.05, 0) is 42.2 Å². The van der Waals surface area contributed by atoms with Gasteiger partial charge in [-0.3, -0.25) is 0 Å². The van der Waals surface area contributed by atoms with Crippen LogP contribution in [0.25, 0.3) is 0 Å². The molecule has 154 valence electrons. The molecule has 2 rings (SSSR count). The number of rotatable bonds is 8. The highest BCUT2D eigenvalue weighted by Crippen LogP contribution is 2.11. The van der Waals surface area contributed by atoms with Gasteiger partial charge in [-0.1, -0.05) is 36.4 Å². The van der Waals surface area contributed by atoms with E-state index < -0.39 is 9.84 Å². The fraction of sp³-hybridized carbons (Fsp3) is 0.350. The van der Waals surface area contributed by atoms with Gasteiger partial charge >= 0.3 is 0 Å². The number of guanidine groups is 1. The van der Waals surface area contributed by atoms with Crippen molar-refractivity contribution in [1.82, 2.24) is 10.6 Å². The number of hydrogen-bond acceptors (Lipinski definition) is 4. The molecule has 0 atom stereocenters. The molecule has 0 spiro atoms. The summed E-state index contributed by atoms with van der Waals surface area (Å²) in [6.07, 6.45) is 1.96. The molecule has 0 fully saturated rings. The van der Waals surface area contributed by atoms with E-state index in [0.29, 0.717) is 23.9 Å². The molecule has 0 aliphatic carbocycles. The first kappa shape index (κ1) is 24.4. The monoisotopic (exact) mass is 517 g/mol. The van der Waals surface area contributed by atoms with Crippen LogP contribution >= 0.6 is 24.0 Å². The van der Waals surface area contributed by atoms with Crippen LogP contribution < -0.4 is 10.6 Å². The van der Waals surface area contributed by atoms with Crippen LogP contribution in [0.3, 0.4) is 0 Å². The Morgan fingerprint density at radius 2 is 1.68 bits per heavy atom. The van der Waals surface area contributed by atoms with E-state index in [2.05, 4.69) is 15.6 Å². The van der Waals surface area contributed by atoms with Crippen molar-refractivity contribution in [1.29, 1.82) is 0 Å². The summed E-state index contributed by atoms with van der Waals surface area (Å²) in [6, 6.07) is 14.6. The van der Waals surface area contributed by atoms with Gasteiger partial charge in [0.15, 0.2) is 15.8 Å². The number of nitrogens with zero attached hydrogens (tertiary/aromatic N) is 1. The Labute approximate surface area is 184 Å². The SMILES string of the molecule is CCNC(=NCc1ccccc1CO)NCCc1ccc(S(C)(=O)=O)cc1.I. The van der Waals surface area contributed by atoms with E-state index in [-0.39, 0.29) is 30.6 Å². The molecule has 3 N–H and O–H groups in total. The molecule has 8 heteroatoms. The molecular formula is C20H28IN3O3S. The molecule has 0 heterocycles. The highest BCUT2D eigenvalue weighted by atomic mass is 127. The maximum absolute atomic E-state index is 11.5. The smallest absolute Gasteiger partial charge is 0.191 e. The minimum absolute atomic E-state index is 0. The van der Waals surface area contributed by atoms with Crippen LogP contribution in [0, 0.1) is 0 Å². The van der Waals surface area contributed by atoms with E-state index in [1.54, 1.807) is 12.1 Å². The van der Waals surface area contributed by atoms with E-state index in [0.717, 1.165) is 29.7 Å². The van der Waals surface area contributed by atoms with Crippen LogP contribution in [0.2, 0.25) is 0 Å². The highest BCUT2D eigenvalue weighted by Gasteiger charge is 2.06. The van der Waals surface area contributed by atoms with Crippen molar-refractivity contribution >= 4 is 39.8 Å². The van der Waals surface area contributed by atoms with Gasteiger partial charge in [0, 0.05) is 19.3 Å². The summed E-state index contributed by atoms with van der Waals surface area (Å²) in [5, 5.41) is 15.9. The minimum Gasteiger partial charge on any atom is -0.392 e. The molecule has 0 radical (unpaired) electrons. The van der Waals surface area contributed by atoms with E-state index >= 15 is 0 Å². The van der Waals surface area contributed by atoms with Crippen LogP contribution in [0.4, 0.5) is 0 Å². The van der Waals surface area contributed by atoms with Crippen LogP contribution in [-0.2, 0) is 29.4 Å². The normalized spacial score (nSPS) is 11.6. The predicted molar refractivity (Wildman–Crippen MR) is 124 cm³/mol. The Bertz CT molecular complexity index is 869. The van der Waals surface area contributed by atoms with Gasteiger partial charge in [0.25, 0.3) is 0 Å². The van der Waals surface area contributed by atoms with Crippen molar-refractivity contribution in [2.75, 3.05) is 19.3 Å². The van der Waals surface area contributed by atoms with E-state index in [9.17, 15) is 13.5 Å². The summed E-state index contributed by atoms with van der Waals surface area (Å²) in [6.45, 7) is 3.90. The molecular weight excluding hydrogens is 489 g/mol. The van der Waals surface area contributed by atoms with E-state index in [1.807, 2.05) is 43.3 Å². The highest BCUT2D eigenvalue weighted by molar-refractivity contribution is 14.0. The average Bonchev–Trinajstić information content (AvgIpc) is 2.66. The first-order valence-corrected chi connectivity index (χ1v) is 10.8. The topological polar surface area (TPSA) is 90.8 Å². The molecule has 0 saturated carbocycles. The summed E-state index contributed by atoms with van der Waals surface area (Å²) in [4.78, 5) is 4.90. The summed E-state index contributed by atoms with van der Waals surface area (Å²) < 4.78 is 23.0. The number of aliphatic hydroxyl groups is 1. The van der Waals surface area contributed by atoms with Crippen LogP contribution in [-0.4, -0.2) is 38.8 Å². The maximum Gasteiger partial charge on any atom is 0.191 e. The largest absolute Gasteiger partial charge is 0.392 e. The van der Waals surface area contributed by atoms with Crippen LogP contribution in [0.15, 0.2) is 58.4 Å². The number of halogens is 1. The Hall–Kier alpha value is -1.65. The van der Waals surface area contributed by atoms with Crippen LogP contribution in [0.5, 0.6) is 0 Å². The second kappa shape index (κ2) is 12.0. The lowest BCUT2D eigenvalue weighted by Crippen LogP contribution is -2.38. The third kappa shape index (κ3) is 7.76. The summed E-state index contributed by atoms with van der Waals surface area (Å²) in [5.74, 6) is 0.706. The molecule has 0 aliphatic heterocycles. The first-order valence-electron chi connectivity index (χ1n) is 8.93. The van der Waals surface area contributed by atoms with Gasteiger partial charge < -0.3 is 15.7 Å². The van der Waals surface area contributed by atoms with Gasteiger partial charge in [-0.25, -0.2) is 13.4 Å². The van der Waals surface area contributed by atoms with Gasteiger partial charge in [0.2, 0.25) is 0 Å². The van der Waals surface area contributed by atoms with Crippen molar-refractivity contribution in [2.45, 2.75) is 31.4 Å². The molecule has 0 aromatic heterocycles. The van der Waals surface area contributed by atoms with Crippen LogP contribution in [0.1, 0.15) is 23.6 Å². The van der Waals surface area contributed by atoms with E-state index in [1.165, 1.54) is 6.26 Å². The predicted octanol–water partition coefficient (Wildman–Crippen LogP) is 2.50. The molecule has 2 aromatic rings. The molecule has 0 unspecified atom stereocenters. The lowest BCUT2D eigenvalue weighted by Gasteiger charge is -2.12. The van der Waals surface area contributed by atoms with Crippen molar-refractivity contribution in [2.24, 2.45) is 4.99 Å². The van der Waals surface area contributed by atoms with Gasteiger partial charge in [-0.2, -0.15) is 0 Å². The molecule has 0 saturated heterocycles. The minimum atomic E-state index is -3.16. The summed E-state index contributed by atoms with van der Waals surface area (Å²) >= 11 is 0. The lowest BCUT2D eigenvalue weighted by molar-refractivity contribution is 0.280. The first-order chi connectivity index (χ1) is 12.9. The maximum atomic E-state index is 11.5. The third-order valence-electron chi connectivity index (χ3n) is 4.10. The Morgan fingerprint density at radius 3 is 2.25 bits per heavy atom. The van der Waals surface area contributed by atoms with Crippen molar-refractivity contribution in [3.8, 4) is 0 Å². The Morgan fingerprint density at radius 1 is 1.04 bits per heavy atom. The molecule has 0 bridgehead atoms. The number of sulfone groups is 1. The zero-order valence-corrected chi connectivity index (χ0v) is 19.3. The second-order valence-corrected chi connectivity index (χ2v) is 8.23. The number of aliphatic hydroxyl groups excluding tert-OH is 1. The zero-order chi connectivity index (χ0) is 19.7. The second-order valence-electron chi connectivity index (χ2n) is 6.21. The standard InChI is InChI=1S/C20H27N3O3S.HI/c1-3-21-20(23-14-17-6-4-5-7-18(17)15-24)22-13-12-16-8-10-19(11-9-16)27(2,25)26;/h4-11,24H,3,12-15H2,1-2H3,(H2,21,22,23);1H. The summed E-state index contributed by atoms with van der Waals surface area (Å²) in [7, 11) is -3.16. The number of hydrogen-bond donors (Lipinski definition) is 3. The molecule has 28 heavy (non-hydrogen) atoms. The molecule has 6 nitrogen and oxygen atoms in total. The fourth-order valence-electron chi connectivity index (χ4n) is 2.60. The quantitative estimate of drug-likeness (QED) is 0.285. The fourth-order valence-corrected chi connectivity index (χ4v) is 3.23. The van der Waals surface area contributed by atoms with Crippen molar-refractivity contribution in [3.63, 3.8) is 0 Å². The zero-order valence-electron chi connectivity index (χ0n) is 16.2. The average molecular weight is 517 g/mol. The van der Waals surface area contributed by atoms with E-state index in [4.69, 9.17) is 0 Å².